The van der Waals surface area contributed by atoms with Crippen LogP contribution in [0.3, 0.4) is 0 Å². The van der Waals surface area contributed by atoms with Crippen LogP contribution < -0.4 is 0 Å². The molecule has 39 heavy (non-hydrogen) atoms. The van der Waals surface area contributed by atoms with Gasteiger partial charge in [0.25, 0.3) is 0 Å². The summed E-state index contributed by atoms with van der Waals surface area (Å²) in [6, 6.07) is 48.5. The highest BCUT2D eigenvalue weighted by molar-refractivity contribution is 6.39. The topological polar surface area (TPSA) is 0 Å². The molecule has 0 saturated carbocycles. The van der Waals surface area contributed by atoms with Crippen LogP contribution in [0.1, 0.15) is 0 Å². The van der Waals surface area contributed by atoms with Gasteiger partial charge in [-0.3, -0.25) is 0 Å². The molecule has 0 heterocycles. The monoisotopic (exact) mass is 498 g/mol. The normalized spacial score (nSPS) is 11.7. The molecule has 0 aliphatic rings. The number of hydrogen-bond donors (Lipinski definition) is 0. The molecule has 0 spiro atoms. The van der Waals surface area contributed by atoms with Crippen LogP contribution >= 0.6 is 0 Å². The van der Waals surface area contributed by atoms with Gasteiger partial charge < -0.3 is 0 Å². The molecule has 8 rings (SSSR count). The molecule has 0 saturated heterocycles. The minimum atomic E-state index is -0.220. The number of halogens is 1. The first-order valence-electron chi connectivity index (χ1n) is 13.3. The predicted octanol–water partition coefficient (Wildman–Crippen LogP) is 10.9. The fourth-order valence-electron chi connectivity index (χ4n) is 6.30. The third-order valence-corrected chi connectivity index (χ3v) is 8.09. The Morgan fingerprint density at radius 3 is 1.18 bits per heavy atom. The van der Waals surface area contributed by atoms with E-state index in [0.29, 0.717) is 0 Å². The third kappa shape index (κ3) is 3.37. The maximum Gasteiger partial charge on any atom is 0.123 e. The van der Waals surface area contributed by atoms with E-state index in [1.54, 1.807) is 0 Å². The van der Waals surface area contributed by atoms with E-state index in [2.05, 4.69) is 115 Å². The zero-order chi connectivity index (χ0) is 25.9. The number of benzene rings is 8. The minimum absolute atomic E-state index is 0.220. The number of fused-ring (bicyclic) bond motifs is 11. The van der Waals surface area contributed by atoms with Gasteiger partial charge in [0.2, 0.25) is 0 Å². The second kappa shape index (κ2) is 8.51. The summed E-state index contributed by atoms with van der Waals surface area (Å²) in [6.45, 7) is 0. The lowest BCUT2D eigenvalue weighted by molar-refractivity contribution is 0.628. The van der Waals surface area contributed by atoms with Crippen molar-refractivity contribution in [3.8, 4) is 22.3 Å². The van der Waals surface area contributed by atoms with Crippen LogP contribution in [0.5, 0.6) is 0 Å². The lowest BCUT2D eigenvalue weighted by atomic mass is 9.85. The van der Waals surface area contributed by atoms with E-state index in [1.165, 1.54) is 77.1 Å². The highest BCUT2D eigenvalue weighted by Gasteiger charge is 2.17. The summed E-state index contributed by atoms with van der Waals surface area (Å²) in [5.41, 5.74) is 4.52. The van der Waals surface area contributed by atoms with Crippen LogP contribution in [-0.2, 0) is 0 Å². The Morgan fingerprint density at radius 1 is 0.282 bits per heavy atom. The Hall–Kier alpha value is -5.01. The van der Waals surface area contributed by atoms with Gasteiger partial charge in [-0.05, 0) is 100 Å². The van der Waals surface area contributed by atoms with Gasteiger partial charge in [0.05, 0.1) is 0 Å². The Balaban J connectivity index is 1.61. The lowest BCUT2D eigenvalue weighted by Gasteiger charge is -2.18. The average molecular weight is 499 g/mol. The summed E-state index contributed by atoms with van der Waals surface area (Å²) in [5.74, 6) is -0.220. The van der Waals surface area contributed by atoms with Crippen LogP contribution in [0.2, 0.25) is 0 Å². The Labute approximate surface area is 225 Å². The smallest absolute Gasteiger partial charge is 0.123 e. The first-order valence-corrected chi connectivity index (χ1v) is 13.3. The van der Waals surface area contributed by atoms with Crippen LogP contribution in [0.15, 0.2) is 140 Å². The maximum atomic E-state index is 13.7. The molecule has 0 aliphatic carbocycles. The fraction of sp³-hybridized carbons (Fsp3) is 0. The molecular formula is C38H23F. The molecule has 0 nitrogen and oxygen atoms in total. The van der Waals surface area contributed by atoms with Crippen molar-refractivity contribution in [2.75, 3.05) is 0 Å². The second-order valence-corrected chi connectivity index (χ2v) is 10.2. The van der Waals surface area contributed by atoms with Crippen molar-refractivity contribution < 1.29 is 4.39 Å². The summed E-state index contributed by atoms with van der Waals surface area (Å²) in [4.78, 5) is 0. The molecule has 8 aromatic rings. The quantitative estimate of drug-likeness (QED) is 0.208. The summed E-state index contributed by atoms with van der Waals surface area (Å²) in [7, 11) is 0. The molecule has 182 valence electrons. The second-order valence-electron chi connectivity index (χ2n) is 10.2. The summed E-state index contributed by atoms with van der Waals surface area (Å²) in [5, 5.41) is 12.5. The van der Waals surface area contributed by atoms with Crippen LogP contribution in [0.25, 0.3) is 76.1 Å². The standard InChI is InChI=1S/C38H23F/c39-28-18-14-25(15-19-28)27-17-21-32-31-20-16-26(24-8-2-1-3-9-24)22-35(31)37-33-12-6-4-10-29(33)30-11-5-7-13-34(30)38(37)36(32)23-27/h1-23H. The summed E-state index contributed by atoms with van der Waals surface area (Å²) < 4.78 is 13.7. The van der Waals surface area contributed by atoms with E-state index < -0.39 is 0 Å². The molecule has 0 atom stereocenters. The van der Waals surface area contributed by atoms with Crippen LogP contribution in [-0.4, -0.2) is 0 Å². The average Bonchev–Trinajstić information content (AvgIpc) is 3.01. The molecule has 0 radical (unpaired) electrons. The van der Waals surface area contributed by atoms with Crippen molar-refractivity contribution in [3.63, 3.8) is 0 Å². The largest absolute Gasteiger partial charge is 0.207 e. The van der Waals surface area contributed by atoms with Gasteiger partial charge in [0.1, 0.15) is 5.82 Å². The Kier molecular flexibility index (Phi) is 4.80. The van der Waals surface area contributed by atoms with E-state index in [4.69, 9.17) is 0 Å². The van der Waals surface area contributed by atoms with E-state index >= 15 is 0 Å². The Morgan fingerprint density at radius 2 is 0.667 bits per heavy atom. The van der Waals surface area contributed by atoms with Crippen LogP contribution in [0.4, 0.5) is 4.39 Å². The van der Waals surface area contributed by atoms with Crippen molar-refractivity contribution in [1.82, 2.24) is 0 Å². The third-order valence-electron chi connectivity index (χ3n) is 8.09. The number of rotatable bonds is 2. The van der Waals surface area contributed by atoms with E-state index in [9.17, 15) is 4.39 Å². The summed E-state index contributed by atoms with van der Waals surface area (Å²) >= 11 is 0. The van der Waals surface area contributed by atoms with Crippen molar-refractivity contribution in [2.45, 2.75) is 0 Å². The van der Waals surface area contributed by atoms with Gasteiger partial charge in [-0.15, -0.1) is 0 Å². The molecule has 0 aliphatic heterocycles. The van der Waals surface area contributed by atoms with Gasteiger partial charge in [-0.2, -0.15) is 0 Å². The van der Waals surface area contributed by atoms with Gasteiger partial charge in [-0.25, -0.2) is 4.39 Å². The molecule has 0 fully saturated rings. The fourth-order valence-corrected chi connectivity index (χ4v) is 6.30. The van der Waals surface area contributed by atoms with Gasteiger partial charge in [0.15, 0.2) is 0 Å². The van der Waals surface area contributed by atoms with Crippen LogP contribution in [0, 0.1) is 5.82 Å². The zero-order valence-electron chi connectivity index (χ0n) is 21.2. The van der Waals surface area contributed by atoms with Gasteiger partial charge in [0, 0.05) is 0 Å². The molecule has 0 amide bonds. The highest BCUT2D eigenvalue weighted by Crippen LogP contribution is 2.45. The highest BCUT2D eigenvalue weighted by atomic mass is 19.1. The Bertz CT molecular complexity index is 2210. The first-order chi connectivity index (χ1) is 19.3. The van der Waals surface area contributed by atoms with Crippen molar-refractivity contribution in [3.05, 3.63) is 145 Å². The molecular weight excluding hydrogens is 475 g/mol. The van der Waals surface area contributed by atoms with Crippen molar-refractivity contribution in [2.24, 2.45) is 0 Å². The SMILES string of the molecule is Fc1ccc(-c2ccc3c4ccc(-c5ccccc5)cc4c4c5ccccc5c5ccccc5c4c3c2)cc1. The molecule has 0 unspecified atom stereocenters. The maximum absolute atomic E-state index is 13.7. The molecule has 8 aromatic carbocycles. The van der Waals surface area contributed by atoms with Gasteiger partial charge in [-0.1, -0.05) is 115 Å². The van der Waals surface area contributed by atoms with Crippen molar-refractivity contribution in [1.29, 1.82) is 0 Å². The number of hydrogen-bond acceptors (Lipinski definition) is 0. The summed E-state index contributed by atoms with van der Waals surface area (Å²) in [6.07, 6.45) is 0. The van der Waals surface area contributed by atoms with E-state index in [1.807, 2.05) is 12.1 Å². The molecule has 0 bridgehead atoms. The predicted molar refractivity (Wildman–Crippen MR) is 165 cm³/mol. The van der Waals surface area contributed by atoms with Crippen molar-refractivity contribution >= 4 is 53.9 Å². The zero-order valence-corrected chi connectivity index (χ0v) is 21.2. The first kappa shape index (κ1) is 22.0. The molecule has 0 N–H and O–H groups in total. The molecule has 0 aromatic heterocycles. The minimum Gasteiger partial charge on any atom is -0.207 e. The van der Waals surface area contributed by atoms with Gasteiger partial charge >= 0.3 is 0 Å². The van der Waals surface area contributed by atoms with E-state index in [-0.39, 0.29) is 5.82 Å². The lowest BCUT2D eigenvalue weighted by Crippen LogP contribution is -1.90. The molecule has 1 heteroatoms. The van der Waals surface area contributed by atoms with E-state index in [0.717, 1.165) is 11.1 Å².